The molecule has 0 aliphatic carbocycles. The summed E-state index contributed by atoms with van der Waals surface area (Å²) >= 11 is 1.80. The van der Waals surface area contributed by atoms with Crippen molar-refractivity contribution in [3.63, 3.8) is 0 Å². The molecule has 1 heterocycles. The number of rotatable bonds is 3. The molecule has 0 atom stereocenters. The predicted molar refractivity (Wildman–Crippen MR) is 82.6 cm³/mol. The van der Waals surface area contributed by atoms with Crippen molar-refractivity contribution in [2.75, 3.05) is 7.11 Å². The van der Waals surface area contributed by atoms with Crippen molar-refractivity contribution >= 4 is 11.3 Å². The topological polar surface area (TPSA) is 105 Å². The zero-order valence-corrected chi connectivity index (χ0v) is 15.1. The molecule has 0 radical (unpaired) electrons. The molecule has 8 heteroatoms. The molecular formula is C17H16ClNO5S. The molecule has 2 aromatic carbocycles. The molecule has 0 aliphatic heterocycles. The maximum Gasteiger partial charge on any atom is 0.240 e. The summed E-state index contributed by atoms with van der Waals surface area (Å²) in [7, 11) is -3.26. The van der Waals surface area contributed by atoms with E-state index in [2.05, 4.69) is 54.1 Å². The molecule has 3 aromatic rings. The van der Waals surface area contributed by atoms with E-state index in [0.29, 0.717) is 0 Å². The lowest BCUT2D eigenvalue weighted by molar-refractivity contribution is -2.00. The lowest BCUT2D eigenvalue weighted by Gasteiger charge is -2.17. The Morgan fingerprint density at radius 1 is 0.920 bits per heavy atom. The lowest BCUT2D eigenvalue weighted by atomic mass is 10.2. The number of nitrogens with zero attached hydrogens (tertiary/aromatic N) is 1. The Hall–Kier alpha value is -2.00. The molecule has 0 bridgehead atoms. The molecule has 0 saturated heterocycles. The van der Waals surface area contributed by atoms with E-state index in [9.17, 15) is 0 Å². The van der Waals surface area contributed by atoms with Gasteiger partial charge in [-0.2, -0.15) is 4.57 Å². The van der Waals surface area contributed by atoms with Crippen LogP contribution in [0.4, 0.5) is 0 Å². The third-order valence-electron chi connectivity index (χ3n) is 3.25. The summed E-state index contributed by atoms with van der Waals surface area (Å²) in [5.41, 5.74) is 2.41. The summed E-state index contributed by atoms with van der Waals surface area (Å²) in [6.07, 6.45) is 2.19. The molecule has 1 aromatic heterocycles. The Morgan fingerprint density at radius 3 is 2.00 bits per heavy atom. The number of thiazole rings is 1. The van der Waals surface area contributed by atoms with E-state index < -0.39 is 10.2 Å². The van der Waals surface area contributed by atoms with Crippen molar-refractivity contribution in [2.24, 2.45) is 0 Å². The fourth-order valence-electron chi connectivity index (χ4n) is 2.18. The third kappa shape index (κ3) is 6.09. The second-order valence-electron chi connectivity index (χ2n) is 4.93. The van der Waals surface area contributed by atoms with Crippen LogP contribution in [-0.2, 0) is 0 Å². The van der Waals surface area contributed by atoms with Crippen LogP contribution in [-0.4, -0.2) is 7.11 Å². The van der Waals surface area contributed by atoms with Crippen LogP contribution < -0.4 is 27.9 Å². The average molecular weight is 382 g/mol. The third-order valence-corrected chi connectivity index (χ3v) is 4.31. The van der Waals surface area contributed by atoms with Gasteiger partial charge in [-0.15, -0.1) is 10.2 Å². The van der Waals surface area contributed by atoms with Crippen LogP contribution in [0.1, 0.15) is 5.01 Å². The maximum atomic E-state index is 8.49. The van der Waals surface area contributed by atoms with E-state index in [4.69, 9.17) is 23.4 Å². The summed E-state index contributed by atoms with van der Waals surface area (Å²) in [5, 5.41) is 1.27. The van der Waals surface area contributed by atoms with Gasteiger partial charge in [-0.05, 0) is 29.8 Å². The lowest BCUT2D eigenvalue weighted by Crippen LogP contribution is -2.68. The van der Waals surface area contributed by atoms with Gasteiger partial charge < -0.3 is 4.74 Å². The molecule has 6 nitrogen and oxygen atoms in total. The summed E-state index contributed by atoms with van der Waals surface area (Å²) in [5.74, 6) is 0.887. The number of hydrogen-bond donors (Lipinski definition) is 0. The first kappa shape index (κ1) is 19.3. The quantitative estimate of drug-likeness (QED) is 0.555. The van der Waals surface area contributed by atoms with Crippen LogP contribution in [0, 0.1) is 17.2 Å². The maximum absolute atomic E-state index is 8.49. The fraction of sp³-hybridized carbons (Fsp3) is 0.118. The van der Waals surface area contributed by atoms with Gasteiger partial charge >= 0.3 is 0 Å². The highest BCUT2D eigenvalue weighted by Gasteiger charge is 2.16. The van der Waals surface area contributed by atoms with E-state index in [-0.39, 0.29) is 0 Å². The Bertz CT molecular complexity index is 794. The second kappa shape index (κ2) is 8.39. The minimum absolute atomic E-state index is 0.887. The summed E-state index contributed by atoms with van der Waals surface area (Å²) < 4.78 is 41.4. The molecule has 0 N–H and O–H groups in total. The van der Waals surface area contributed by atoms with E-state index >= 15 is 0 Å². The van der Waals surface area contributed by atoms with Crippen LogP contribution in [0.15, 0.2) is 60.8 Å². The van der Waals surface area contributed by atoms with Gasteiger partial charge in [0.25, 0.3) is 0 Å². The number of aromatic nitrogens is 1. The Morgan fingerprint density at radius 2 is 1.48 bits per heavy atom. The minimum Gasteiger partial charge on any atom is -0.497 e. The summed E-state index contributed by atoms with van der Waals surface area (Å²) in [4.78, 5) is 1.26. The molecule has 0 amide bonds. The van der Waals surface area contributed by atoms with Crippen molar-refractivity contribution in [3.8, 4) is 21.9 Å². The summed E-state index contributed by atoms with van der Waals surface area (Å²) in [6.45, 7) is 2.14. The van der Waals surface area contributed by atoms with Crippen molar-refractivity contribution in [1.82, 2.24) is 0 Å². The fourth-order valence-corrected chi connectivity index (χ4v) is 3.16. The molecule has 0 saturated carbocycles. The van der Waals surface area contributed by atoms with Crippen LogP contribution in [0.5, 0.6) is 5.75 Å². The molecule has 0 aliphatic rings. The molecule has 3 rings (SSSR count). The number of methoxy groups -OCH3 is 1. The number of ether oxygens (including phenoxy) is 1. The van der Waals surface area contributed by atoms with Crippen molar-refractivity contribution < 1.29 is 38.2 Å². The summed E-state index contributed by atoms with van der Waals surface area (Å²) in [6, 6.07) is 18.6. The number of halogens is 1. The molecule has 0 spiro atoms. The van der Waals surface area contributed by atoms with E-state index in [1.807, 2.05) is 18.2 Å². The van der Waals surface area contributed by atoms with Crippen molar-refractivity contribution in [1.29, 1.82) is 0 Å². The van der Waals surface area contributed by atoms with Crippen molar-refractivity contribution in [3.05, 3.63) is 65.8 Å². The molecule has 0 unspecified atom stereocenters. The normalized spacial score (nSPS) is 10.8. The zero-order chi connectivity index (χ0) is 18.4. The van der Waals surface area contributed by atoms with Crippen LogP contribution in [0.2, 0.25) is 0 Å². The van der Waals surface area contributed by atoms with Gasteiger partial charge in [0.2, 0.25) is 10.7 Å². The van der Waals surface area contributed by atoms with Crippen LogP contribution in [0.25, 0.3) is 16.1 Å². The Kier molecular flexibility index (Phi) is 6.49. The highest BCUT2D eigenvalue weighted by Crippen LogP contribution is 2.27. The Balaban J connectivity index is 0.000000399. The Labute approximate surface area is 151 Å². The van der Waals surface area contributed by atoms with E-state index in [0.717, 1.165) is 5.75 Å². The second-order valence-corrected chi connectivity index (χ2v) is 6.92. The molecule has 0 fully saturated rings. The average Bonchev–Trinajstić information content (AvgIpc) is 2.96. The minimum atomic E-state index is -4.94. The highest BCUT2D eigenvalue weighted by atomic mass is 35.7. The first-order valence-corrected chi connectivity index (χ1v) is 9.16. The number of para-hydroxylation sites is 1. The number of aryl methyl sites for hydroxylation is 1. The van der Waals surface area contributed by atoms with Crippen molar-refractivity contribution in [2.45, 2.75) is 6.92 Å². The van der Waals surface area contributed by atoms with Gasteiger partial charge in [0.15, 0.2) is 6.20 Å². The SMILES string of the molecule is COc1ccc(-c2c[n+](-c3ccccc3)c(C)s2)cc1.[O-][Cl+3]([O-])([O-])[O-]. The van der Waals surface area contributed by atoms with Gasteiger partial charge in [-0.25, -0.2) is 18.6 Å². The van der Waals surface area contributed by atoms with E-state index in [1.165, 1.54) is 21.1 Å². The van der Waals surface area contributed by atoms with Gasteiger partial charge in [-0.3, -0.25) is 0 Å². The largest absolute Gasteiger partial charge is 0.497 e. The molecule has 132 valence electrons. The number of hydrogen-bond acceptors (Lipinski definition) is 6. The smallest absolute Gasteiger partial charge is 0.240 e. The van der Waals surface area contributed by atoms with Crippen LogP contribution >= 0.6 is 11.3 Å². The van der Waals surface area contributed by atoms with Gasteiger partial charge in [-0.1, -0.05) is 29.5 Å². The highest BCUT2D eigenvalue weighted by molar-refractivity contribution is 7.14. The monoisotopic (exact) mass is 381 g/mol. The van der Waals surface area contributed by atoms with E-state index in [1.54, 1.807) is 18.4 Å². The van der Waals surface area contributed by atoms with Gasteiger partial charge in [0.05, 0.1) is 7.11 Å². The van der Waals surface area contributed by atoms with Gasteiger partial charge in [0.1, 0.15) is 10.6 Å². The standard InChI is InChI=1S/C17H16NOS.ClHO4/c1-13-18(15-6-4-3-5-7-15)12-17(20-13)14-8-10-16(19-2)11-9-14;2-1(3,4)5/h3-12H,1-2H3;(H,2,3,4,5)/q+1;/p-1. The first-order chi connectivity index (χ1) is 11.8. The predicted octanol–water partition coefficient (Wildman–Crippen LogP) is -0.747. The number of benzene rings is 2. The van der Waals surface area contributed by atoms with Gasteiger partial charge in [0, 0.05) is 19.1 Å². The zero-order valence-electron chi connectivity index (χ0n) is 13.5. The first-order valence-electron chi connectivity index (χ1n) is 7.11. The van der Waals surface area contributed by atoms with Crippen LogP contribution in [0.3, 0.4) is 0 Å². The molecule has 25 heavy (non-hydrogen) atoms. The molecular weight excluding hydrogens is 366 g/mol.